The maximum absolute atomic E-state index is 12.3. The van der Waals surface area contributed by atoms with Gasteiger partial charge < -0.3 is 4.74 Å². The number of hydrogen-bond donors (Lipinski definition) is 0. The molecule has 0 aromatic heterocycles. The monoisotopic (exact) mass is 273 g/mol. The lowest BCUT2D eigenvalue weighted by molar-refractivity contribution is -0.152. The van der Waals surface area contributed by atoms with E-state index in [-0.39, 0.29) is 11.9 Å². The second-order valence-corrected chi connectivity index (χ2v) is 6.20. The molecule has 0 unspecified atom stereocenters. The van der Waals surface area contributed by atoms with Gasteiger partial charge in [0.1, 0.15) is 0 Å². The van der Waals surface area contributed by atoms with Gasteiger partial charge >= 0.3 is 5.97 Å². The minimum absolute atomic E-state index is 0.0249. The van der Waals surface area contributed by atoms with Crippen LogP contribution in [0.4, 0.5) is 0 Å². The van der Waals surface area contributed by atoms with Gasteiger partial charge in [-0.3, -0.25) is 9.69 Å². The van der Waals surface area contributed by atoms with E-state index in [1.807, 2.05) is 6.07 Å². The lowest BCUT2D eigenvalue weighted by Crippen LogP contribution is -2.50. The number of carbonyl (C=O) groups excluding carboxylic acids is 1. The van der Waals surface area contributed by atoms with Gasteiger partial charge in [0.05, 0.1) is 13.0 Å². The van der Waals surface area contributed by atoms with Gasteiger partial charge in [-0.2, -0.15) is 0 Å². The van der Waals surface area contributed by atoms with E-state index >= 15 is 0 Å². The van der Waals surface area contributed by atoms with E-state index in [0.29, 0.717) is 18.0 Å². The Hall–Kier alpha value is -1.35. The lowest BCUT2D eigenvalue weighted by atomic mass is 9.77. The summed E-state index contributed by atoms with van der Waals surface area (Å²) < 4.78 is 5.09. The van der Waals surface area contributed by atoms with E-state index in [1.165, 1.54) is 19.1 Å². The van der Waals surface area contributed by atoms with Crippen LogP contribution < -0.4 is 0 Å². The normalized spacial score (nSPS) is 33.1. The summed E-state index contributed by atoms with van der Waals surface area (Å²) in [6.45, 7) is 0. The second kappa shape index (κ2) is 5.57. The lowest BCUT2D eigenvalue weighted by Gasteiger charge is -2.41. The fourth-order valence-corrected chi connectivity index (χ4v) is 4.18. The predicted octanol–water partition coefficient (Wildman–Crippen LogP) is 2.50. The molecule has 3 heteroatoms. The molecule has 20 heavy (non-hydrogen) atoms. The van der Waals surface area contributed by atoms with Gasteiger partial charge in [-0.05, 0) is 44.2 Å². The van der Waals surface area contributed by atoms with E-state index in [2.05, 4.69) is 36.2 Å². The van der Waals surface area contributed by atoms with Crippen LogP contribution in [0.15, 0.2) is 30.3 Å². The van der Waals surface area contributed by atoms with E-state index in [1.54, 1.807) is 0 Å². The molecule has 0 N–H and O–H groups in total. The van der Waals surface area contributed by atoms with Crippen molar-refractivity contribution in [2.45, 2.75) is 37.8 Å². The minimum atomic E-state index is -0.0249. The predicted molar refractivity (Wildman–Crippen MR) is 78.3 cm³/mol. The van der Waals surface area contributed by atoms with Crippen molar-refractivity contribution >= 4 is 5.97 Å². The van der Waals surface area contributed by atoms with Crippen molar-refractivity contribution in [2.75, 3.05) is 14.2 Å². The molecule has 2 aliphatic heterocycles. The van der Waals surface area contributed by atoms with Crippen molar-refractivity contribution in [3.8, 4) is 0 Å². The van der Waals surface area contributed by atoms with Crippen LogP contribution in [0.1, 0.15) is 24.8 Å². The Morgan fingerprint density at radius 2 is 2.05 bits per heavy atom. The third-order valence-electron chi connectivity index (χ3n) is 5.21. The summed E-state index contributed by atoms with van der Waals surface area (Å²) in [4.78, 5) is 14.7. The molecule has 0 amide bonds. The first-order valence-corrected chi connectivity index (χ1v) is 7.54. The summed E-state index contributed by atoms with van der Waals surface area (Å²) in [5.41, 5.74) is 1.33. The smallest absolute Gasteiger partial charge is 0.310 e. The second-order valence-electron chi connectivity index (χ2n) is 6.20. The van der Waals surface area contributed by atoms with Crippen molar-refractivity contribution in [2.24, 2.45) is 11.8 Å². The molecule has 2 heterocycles. The van der Waals surface area contributed by atoms with Gasteiger partial charge in [0.25, 0.3) is 0 Å². The first kappa shape index (κ1) is 13.6. The average Bonchev–Trinajstić information content (AvgIpc) is 2.72. The molecule has 0 saturated carbocycles. The molecule has 0 radical (unpaired) electrons. The Kier molecular flexibility index (Phi) is 3.79. The van der Waals surface area contributed by atoms with Crippen LogP contribution in [0.5, 0.6) is 0 Å². The summed E-state index contributed by atoms with van der Waals surface area (Å²) in [6, 6.07) is 11.5. The number of hydrogen-bond acceptors (Lipinski definition) is 3. The number of benzene rings is 1. The van der Waals surface area contributed by atoms with Crippen molar-refractivity contribution in [3.63, 3.8) is 0 Å². The number of nitrogens with zero attached hydrogens (tertiary/aromatic N) is 1. The quantitative estimate of drug-likeness (QED) is 0.793. The summed E-state index contributed by atoms with van der Waals surface area (Å²) in [5, 5.41) is 0. The van der Waals surface area contributed by atoms with Crippen LogP contribution in [-0.4, -0.2) is 37.1 Å². The van der Waals surface area contributed by atoms with Crippen molar-refractivity contribution < 1.29 is 9.53 Å². The number of methoxy groups -OCH3 is 1. The Balaban J connectivity index is 1.82. The highest BCUT2D eigenvalue weighted by atomic mass is 16.5. The number of piperidine rings is 1. The fraction of sp³-hybridized carbons (Fsp3) is 0.588. The van der Waals surface area contributed by atoms with Crippen LogP contribution in [0, 0.1) is 11.8 Å². The van der Waals surface area contributed by atoms with E-state index in [0.717, 1.165) is 19.3 Å². The van der Waals surface area contributed by atoms with Crippen molar-refractivity contribution in [1.29, 1.82) is 0 Å². The molecular weight excluding hydrogens is 250 g/mol. The Bertz CT molecular complexity index is 473. The van der Waals surface area contributed by atoms with Crippen LogP contribution in [0.25, 0.3) is 0 Å². The van der Waals surface area contributed by atoms with Gasteiger partial charge in [0.15, 0.2) is 0 Å². The maximum Gasteiger partial charge on any atom is 0.310 e. The SMILES string of the molecule is COC(=O)[C@H]1[C@H](Cc2ccccc2)C[C@H]2CC[C@@H]1N2C. The van der Waals surface area contributed by atoms with E-state index in [4.69, 9.17) is 4.74 Å². The molecule has 2 aliphatic rings. The summed E-state index contributed by atoms with van der Waals surface area (Å²) >= 11 is 0. The van der Waals surface area contributed by atoms with Crippen molar-refractivity contribution in [3.05, 3.63) is 35.9 Å². The van der Waals surface area contributed by atoms with E-state index < -0.39 is 0 Å². The number of rotatable bonds is 3. The number of fused-ring (bicyclic) bond motifs is 2. The molecule has 0 spiro atoms. The Labute approximate surface area is 120 Å². The van der Waals surface area contributed by atoms with Crippen LogP contribution in [0.2, 0.25) is 0 Å². The zero-order valence-electron chi connectivity index (χ0n) is 12.3. The summed E-state index contributed by atoms with van der Waals surface area (Å²) in [6.07, 6.45) is 4.45. The zero-order valence-corrected chi connectivity index (χ0v) is 12.3. The first-order valence-electron chi connectivity index (χ1n) is 7.54. The highest BCUT2D eigenvalue weighted by Crippen LogP contribution is 2.43. The molecule has 1 aromatic rings. The highest BCUT2D eigenvalue weighted by Gasteiger charge is 2.48. The molecule has 2 fully saturated rings. The maximum atomic E-state index is 12.3. The molecule has 1 aromatic carbocycles. The Morgan fingerprint density at radius 1 is 1.30 bits per heavy atom. The van der Waals surface area contributed by atoms with Gasteiger partial charge in [-0.25, -0.2) is 0 Å². The van der Waals surface area contributed by atoms with Gasteiger partial charge in [-0.15, -0.1) is 0 Å². The first-order chi connectivity index (χ1) is 9.70. The number of carbonyl (C=O) groups is 1. The highest BCUT2D eigenvalue weighted by molar-refractivity contribution is 5.74. The minimum Gasteiger partial charge on any atom is -0.469 e. The van der Waals surface area contributed by atoms with Crippen LogP contribution in [0.3, 0.4) is 0 Å². The Morgan fingerprint density at radius 3 is 2.75 bits per heavy atom. The molecule has 2 bridgehead atoms. The number of ether oxygens (including phenoxy) is 1. The number of esters is 1. The van der Waals surface area contributed by atoms with E-state index in [9.17, 15) is 4.79 Å². The third kappa shape index (κ3) is 2.35. The van der Waals surface area contributed by atoms with Gasteiger partial charge in [0, 0.05) is 12.1 Å². The largest absolute Gasteiger partial charge is 0.469 e. The molecule has 3 nitrogen and oxygen atoms in total. The average molecular weight is 273 g/mol. The molecule has 0 aliphatic carbocycles. The topological polar surface area (TPSA) is 29.5 Å². The third-order valence-corrected chi connectivity index (χ3v) is 5.21. The van der Waals surface area contributed by atoms with Crippen LogP contribution >= 0.6 is 0 Å². The van der Waals surface area contributed by atoms with Gasteiger partial charge in [-0.1, -0.05) is 30.3 Å². The molecule has 4 atom stereocenters. The fourth-order valence-electron chi connectivity index (χ4n) is 4.18. The van der Waals surface area contributed by atoms with Crippen molar-refractivity contribution in [1.82, 2.24) is 4.90 Å². The summed E-state index contributed by atoms with van der Waals surface area (Å²) in [7, 11) is 3.68. The van der Waals surface area contributed by atoms with Crippen LogP contribution in [-0.2, 0) is 16.0 Å². The molecular formula is C17H23NO2. The molecule has 3 rings (SSSR count). The van der Waals surface area contributed by atoms with Gasteiger partial charge in [0.2, 0.25) is 0 Å². The molecule has 2 saturated heterocycles. The standard InChI is InChI=1S/C17H23NO2/c1-18-14-8-9-15(18)16(17(19)20-2)13(11-14)10-12-6-4-3-5-7-12/h3-7,13-16H,8-11H2,1-2H3/t13-,14-,15+,16+/m1/s1. The summed E-state index contributed by atoms with van der Waals surface area (Å²) in [5.74, 6) is 0.422. The molecule has 108 valence electrons. The zero-order chi connectivity index (χ0) is 14.1.